The van der Waals surface area contributed by atoms with E-state index in [1.807, 2.05) is 25.1 Å². The number of aromatic amines is 1. The third-order valence-corrected chi connectivity index (χ3v) is 3.78. The Hall–Kier alpha value is -1.92. The molecule has 112 valence electrons. The number of rotatable bonds is 4. The van der Waals surface area contributed by atoms with E-state index in [-0.39, 0.29) is 12.0 Å². The molecule has 1 fully saturated rings. The van der Waals surface area contributed by atoms with Gasteiger partial charge in [-0.2, -0.15) is 0 Å². The van der Waals surface area contributed by atoms with Gasteiger partial charge in [0.25, 0.3) is 0 Å². The lowest BCUT2D eigenvalue weighted by atomic mass is 10.2. The summed E-state index contributed by atoms with van der Waals surface area (Å²) in [6.07, 6.45) is 2.73. The minimum absolute atomic E-state index is 0.0592. The Morgan fingerprint density at radius 1 is 1.62 bits per heavy atom. The first-order valence-electron chi connectivity index (χ1n) is 7.35. The Labute approximate surface area is 123 Å². The van der Waals surface area contributed by atoms with E-state index in [0.29, 0.717) is 6.42 Å². The number of amides is 1. The van der Waals surface area contributed by atoms with Crippen molar-refractivity contribution in [2.75, 3.05) is 11.9 Å². The third-order valence-electron chi connectivity index (χ3n) is 3.78. The van der Waals surface area contributed by atoms with Crippen molar-refractivity contribution < 1.29 is 9.53 Å². The molecule has 1 aromatic carbocycles. The van der Waals surface area contributed by atoms with E-state index in [9.17, 15) is 4.79 Å². The number of H-pyrrole nitrogens is 1. The van der Waals surface area contributed by atoms with Crippen molar-refractivity contribution in [1.29, 1.82) is 0 Å². The number of hydrogen-bond donors (Lipinski definition) is 3. The second-order valence-electron chi connectivity index (χ2n) is 5.36. The van der Waals surface area contributed by atoms with E-state index < -0.39 is 6.04 Å². The molecular weight excluding hydrogens is 268 g/mol. The van der Waals surface area contributed by atoms with Gasteiger partial charge in [-0.1, -0.05) is 6.92 Å². The molecule has 3 rings (SSSR count). The number of carbonyl (C=O) groups is 1. The fourth-order valence-electron chi connectivity index (χ4n) is 2.47. The monoisotopic (exact) mass is 288 g/mol. The largest absolute Gasteiger partial charge is 0.370 e. The van der Waals surface area contributed by atoms with Crippen molar-refractivity contribution >= 4 is 22.6 Å². The van der Waals surface area contributed by atoms with Crippen LogP contribution in [0, 0.1) is 0 Å². The molecule has 1 saturated heterocycles. The number of carbonyl (C=O) groups excluding carboxylic acids is 1. The Kier molecular flexibility index (Phi) is 3.90. The number of anilines is 1. The van der Waals surface area contributed by atoms with Gasteiger partial charge < -0.3 is 20.8 Å². The number of nitrogens with zero attached hydrogens (tertiary/aromatic N) is 1. The number of nitrogens with two attached hydrogens (primary N) is 1. The molecule has 0 aliphatic carbocycles. The van der Waals surface area contributed by atoms with Crippen molar-refractivity contribution in [3.63, 3.8) is 0 Å². The van der Waals surface area contributed by atoms with Crippen molar-refractivity contribution in [3.05, 3.63) is 24.0 Å². The van der Waals surface area contributed by atoms with Crippen LogP contribution >= 0.6 is 0 Å². The second kappa shape index (κ2) is 5.83. The molecule has 6 nitrogen and oxygen atoms in total. The lowest BCUT2D eigenvalue weighted by Gasteiger charge is -2.09. The zero-order chi connectivity index (χ0) is 14.8. The number of hydrogen-bond acceptors (Lipinski definition) is 4. The number of benzene rings is 1. The van der Waals surface area contributed by atoms with Gasteiger partial charge in [0.05, 0.1) is 17.1 Å². The van der Waals surface area contributed by atoms with Crippen LogP contribution in [0.15, 0.2) is 18.2 Å². The summed E-state index contributed by atoms with van der Waals surface area (Å²) >= 11 is 0. The molecule has 1 aliphatic heterocycles. The molecule has 4 N–H and O–H groups in total. The molecule has 2 atom stereocenters. The van der Waals surface area contributed by atoms with Crippen LogP contribution in [0.2, 0.25) is 0 Å². The van der Waals surface area contributed by atoms with Crippen LogP contribution < -0.4 is 11.1 Å². The fraction of sp³-hybridized carbons (Fsp3) is 0.467. The smallest absolute Gasteiger partial charge is 0.241 e. The standard InChI is InChI=1S/C15H20N4O2/c1-2-10(16)15(20)17-9-5-6-11-12(8-9)19-14(18-11)13-4-3-7-21-13/h5-6,8,10,13H,2-4,7,16H2,1H3,(H,17,20)(H,18,19)/t10-,13?/m0/s1. The number of fused-ring (bicyclic) bond motifs is 1. The first-order chi connectivity index (χ1) is 10.2. The van der Waals surface area contributed by atoms with E-state index in [1.165, 1.54) is 0 Å². The minimum atomic E-state index is -0.482. The molecule has 2 aromatic rings. The third kappa shape index (κ3) is 2.91. The highest BCUT2D eigenvalue weighted by atomic mass is 16.5. The van der Waals surface area contributed by atoms with E-state index in [4.69, 9.17) is 10.5 Å². The maximum Gasteiger partial charge on any atom is 0.241 e. The van der Waals surface area contributed by atoms with Gasteiger partial charge in [-0.25, -0.2) is 4.98 Å². The molecule has 1 aromatic heterocycles. The van der Waals surface area contributed by atoms with E-state index in [0.717, 1.165) is 42.0 Å². The summed E-state index contributed by atoms with van der Waals surface area (Å²) in [4.78, 5) is 19.6. The van der Waals surface area contributed by atoms with Crippen LogP contribution in [0.1, 0.15) is 38.1 Å². The van der Waals surface area contributed by atoms with Crippen LogP contribution in [-0.4, -0.2) is 28.5 Å². The normalized spacial score (nSPS) is 19.8. The van der Waals surface area contributed by atoms with Gasteiger partial charge in [0, 0.05) is 12.3 Å². The highest BCUT2D eigenvalue weighted by Gasteiger charge is 2.21. The summed E-state index contributed by atoms with van der Waals surface area (Å²) in [5.41, 5.74) is 8.20. The number of nitrogens with one attached hydrogen (secondary N) is 2. The number of aromatic nitrogens is 2. The van der Waals surface area contributed by atoms with Gasteiger partial charge >= 0.3 is 0 Å². The average Bonchev–Trinajstić information content (AvgIpc) is 3.14. The van der Waals surface area contributed by atoms with Crippen molar-refractivity contribution in [2.24, 2.45) is 5.73 Å². The first-order valence-corrected chi connectivity index (χ1v) is 7.35. The predicted octanol–water partition coefficient (Wildman–Crippen LogP) is 2.09. The summed E-state index contributed by atoms with van der Waals surface area (Å²) in [5.74, 6) is 0.687. The summed E-state index contributed by atoms with van der Waals surface area (Å²) in [6.45, 7) is 2.67. The van der Waals surface area contributed by atoms with Crippen LogP contribution in [0.3, 0.4) is 0 Å². The highest BCUT2D eigenvalue weighted by Crippen LogP contribution is 2.28. The Bertz CT molecular complexity index is 646. The maximum absolute atomic E-state index is 11.8. The first kappa shape index (κ1) is 14.0. The number of ether oxygens (including phenoxy) is 1. The molecule has 0 saturated carbocycles. The van der Waals surface area contributed by atoms with E-state index in [1.54, 1.807) is 0 Å². The van der Waals surface area contributed by atoms with Crippen molar-refractivity contribution in [3.8, 4) is 0 Å². The summed E-state index contributed by atoms with van der Waals surface area (Å²) in [6, 6.07) is 5.12. The van der Waals surface area contributed by atoms with Crippen LogP contribution in [-0.2, 0) is 9.53 Å². The van der Waals surface area contributed by atoms with Gasteiger partial charge in [0.15, 0.2) is 0 Å². The highest BCUT2D eigenvalue weighted by molar-refractivity contribution is 5.96. The molecule has 2 heterocycles. The van der Waals surface area contributed by atoms with E-state index >= 15 is 0 Å². The van der Waals surface area contributed by atoms with Crippen LogP contribution in [0.25, 0.3) is 11.0 Å². The molecule has 0 bridgehead atoms. The Morgan fingerprint density at radius 2 is 2.48 bits per heavy atom. The Morgan fingerprint density at radius 3 is 3.19 bits per heavy atom. The number of imidazole rings is 1. The van der Waals surface area contributed by atoms with Crippen LogP contribution in [0.5, 0.6) is 0 Å². The molecule has 21 heavy (non-hydrogen) atoms. The average molecular weight is 288 g/mol. The zero-order valence-electron chi connectivity index (χ0n) is 12.1. The summed E-state index contributed by atoms with van der Waals surface area (Å²) in [7, 11) is 0. The quantitative estimate of drug-likeness (QED) is 0.803. The Balaban J connectivity index is 1.81. The topological polar surface area (TPSA) is 93.0 Å². The minimum Gasteiger partial charge on any atom is -0.370 e. The van der Waals surface area contributed by atoms with Gasteiger partial charge in [0.1, 0.15) is 11.9 Å². The summed E-state index contributed by atoms with van der Waals surface area (Å²) in [5, 5.41) is 2.82. The van der Waals surface area contributed by atoms with Crippen LogP contribution in [0.4, 0.5) is 5.69 Å². The molecule has 1 unspecified atom stereocenters. The van der Waals surface area contributed by atoms with E-state index in [2.05, 4.69) is 15.3 Å². The van der Waals surface area contributed by atoms with Gasteiger partial charge in [-0.15, -0.1) is 0 Å². The van der Waals surface area contributed by atoms with Gasteiger partial charge in [-0.05, 0) is 37.5 Å². The lowest BCUT2D eigenvalue weighted by molar-refractivity contribution is -0.117. The zero-order valence-corrected chi connectivity index (χ0v) is 12.1. The second-order valence-corrected chi connectivity index (χ2v) is 5.36. The molecule has 1 amide bonds. The SMILES string of the molecule is CC[C@H](N)C(=O)Nc1ccc2nc(C3CCCO3)[nH]c2c1. The maximum atomic E-state index is 11.8. The molecule has 0 spiro atoms. The van der Waals surface area contributed by atoms with Crippen molar-refractivity contribution in [2.45, 2.75) is 38.3 Å². The molecule has 1 aliphatic rings. The lowest BCUT2D eigenvalue weighted by Crippen LogP contribution is -2.34. The molecule has 0 radical (unpaired) electrons. The van der Waals surface area contributed by atoms with Gasteiger partial charge in [-0.3, -0.25) is 4.79 Å². The summed E-state index contributed by atoms with van der Waals surface area (Å²) < 4.78 is 5.63. The van der Waals surface area contributed by atoms with Crippen molar-refractivity contribution in [1.82, 2.24) is 9.97 Å². The molecular formula is C15H20N4O2. The fourth-order valence-corrected chi connectivity index (χ4v) is 2.47. The predicted molar refractivity (Wildman–Crippen MR) is 80.9 cm³/mol. The molecule has 6 heteroatoms. The van der Waals surface area contributed by atoms with Gasteiger partial charge in [0.2, 0.25) is 5.91 Å².